The summed E-state index contributed by atoms with van der Waals surface area (Å²) in [6.45, 7) is 2.95. The number of nitrogens with zero attached hydrogens (tertiary/aromatic N) is 2. The minimum absolute atomic E-state index is 0.0479. The van der Waals surface area contributed by atoms with Gasteiger partial charge >= 0.3 is 0 Å². The molecule has 2 aromatic carbocycles. The predicted octanol–water partition coefficient (Wildman–Crippen LogP) is 3.81. The maximum atomic E-state index is 13.8. The Morgan fingerprint density at radius 1 is 1.11 bits per heavy atom. The zero-order valence-corrected chi connectivity index (χ0v) is 23.4. The molecule has 2 amide bonds. The maximum absolute atomic E-state index is 13.8. The lowest BCUT2D eigenvalue weighted by Gasteiger charge is -2.32. The standard InChI is InChI=1S/C26H32BrN3O6S/c1-3-37(33,34)30(22-11-12-23-24(14-22)36-17-35-23)16-25(31)29(15-19-7-6-8-20(27)13-19)18(2)26(32)28-21-9-4-5-10-21/h6-8,11-14,18,21H,3-5,9-10,15-17H2,1-2H3,(H,28,32)/t18-/m1/s1. The Bertz CT molecular complexity index is 1250. The molecule has 0 bridgehead atoms. The van der Waals surface area contributed by atoms with Crippen LogP contribution in [0.2, 0.25) is 0 Å². The number of hydrogen-bond acceptors (Lipinski definition) is 6. The van der Waals surface area contributed by atoms with E-state index >= 15 is 0 Å². The van der Waals surface area contributed by atoms with Crippen LogP contribution in [-0.4, -0.2) is 56.3 Å². The second-order valence-corrected chi connectivity index (χ2v) is 12.4. The van der Waals surface area contributed by atoms with Crippen molar-refractivity contribution in [1.82, 2.24) is 10.2 Å². The SMILES string of the molecule is CCS(=O)(=O)N(CC(=O)N(Cc1cccc(Br)c1)[C@H](C)C(=O)NC1CCCC1)c1ccc2c(c1)OCO2. The third kappa shape index (κ3) is 6.56. The fourth-order valence-electron chi connectivity index (χ4n) is 4.57. The first-order chi connectivity index (χ1) is 17.7. The van der Waals surface area contributed by atoms with E-state index < -0.39 is 28.5 Å². The highest BCUT2D eigenvalue weighted by molar-refractivity contribution is 9.10. The van der Waals surface area contributed by atoms with E-state index in [-0.39, 0.29) is 31.0 Å². The number of rotatable bonds is 10. The smallest absolute Gasteiger partial charge is 0.244 e. The molecule has 11 heteroatoms. The molecular weight excluding hydrogens is 562 g/mol. The third-order valence-electron chi connectivity index (χ3n) is 6.73. The van der Waals surface area contributed by atoms with Crippen molar-refractivity contribution in [2.24, 2.45) is 0 Å². The van der Waals surface area contributed by atoms with E-state index in [0.717, 1.165) is 40.0 Å². The van der Waals surface area contributed by atoms with Gasteiger partial charge < -0.3 is 19.7 Å². The van der Waals surface area contributed by atoms with Gasteiger partial charge in [-0.3, -0.25) is 13.9 Å². The summed E-state index contributed by atoms with van der Waals surface area (Å²) in [5, 5.41) is 3.06. The minimum Gasteiger partial charge on any atom is -0.454 e. The lowest BCUT2D eigenvalue weighted by molar-refractivity contribution is -0.139. The van der Waals surface area contributed by atoms with Gasteiger partial charge in [0.25, 0.3) is 0 Å². The van der Waals surface area contributed by atoms with Crippen LogP contribution >= 0.6 is 15.9 Å². The first-order valence-corrected chi connectivity index (χ1v) is 14.8. The van der Waals surface area contributed by atoms with Crippen molar-refractivity contribution >= 4 is 43.5 Å². The molecule has 0 spiro atoms. The summed E-state index contributed by atoms with van der Waals surface area (Å²) in [6.07, 6.45) is 3.98. The molecule has 4 rings (SSSR count). The van der Waals surface area contributed by atoms with Crippen molar-refractivity contribution in [3.8, 4) is 11.5 Å². The molecule has 2 aromatic rings. The lowest BCUT2D eigenvalue weighted by atomic mass is 10.1. The van der Waals surface area contributed by atoms with Crippen LogP contribution in [0.15, 0.2) is 46.9 Å². The molecule has 0 saturated heterocycles. The Morgan fingerprint density at radius 2 is 1.84 bits per heavy atom. The van der Waals surface area contributed by atoms with Crippen molar-refractivity contribution < 1.29 is 27.5 Å². The molecule has 1 saturated carbocycles. The Labute approximate surface area is 226 Å². The van der Waals surface area contributed by atoms with E-state index in [0.29, 0.717) is 17.2 Å². The number of carbonyl (C=O) groups is 2. The third-order valence-corrected chi connectivity index (χ3v) is 8.97. The Kier molecular flexibility index (Phi) is 8.63. The molecule has 0 aromatic heterocycles. The highest BCUT2D eigenvalue weighted by Crippen LogP contribution is 2.36. The number of sulfonamides is 1. The van der Waals surface area contributed by atoms with Crippen molar-refractivity contribution in [3.05, 3.63) is 52.5 Å². The topological polar surface area (TPSA) is 105 Å². The van der Waals surface area contributed by atoms with Crippen LogP contribution in [0.5, 0.6) is 11.5 Å². The molecule has 1 fully saturated rings. The molecule has 1 N–H and O–H groups in total. The molecule has 37 heavy (non-hydrogen) atoms. The van der Waals surface area contributed by atoms with Gasteiger partial charge in [0.2, 0.25) is 28.6 Å². The van der Waals surface area contributed by atoms with Gasteiger partial charge in [0.05, 0.1) is 11.4 Å². The second kappa shape index (κ2) is 11.7. The average molecular weight is 595 g/mol. The second-order valence-electron chi connectivity index (χ2n) is 9.26. The van der Waals surface area contributed by atoms with Crippen LogP contribution in [0, 0.1) is 0 Å². The number of anilines is 1. The summed E-state index contributed by atoms with van der Waals surface area (Å²) in [7, 11) is -3.82. The molecule has 0 radical (unpaired) electrons. The van der Waals surface area contributed by atoms with Crippen LogP contribution < -0.4 is 19.1 Å². The van der Waals surface area contributed by atoms with Gasteiger partial charge in [-0.25, -0.2) is 8.42 Å². The molecule has 0 unspecified atom stereocenters. The Balaban J connectivity index is 1.62. The van der Waals surface area contributed by atoms with E-state index in [2.05, 4.69) is 21.2 Å². The van der Waals surface area contributed by atoms with Crippen LogP contribution in [0.4, 0.5) is 5.69 Å². The predicted molar refractivity (Wildman–Crippen MR) is 144 cm³/mol. The largest absolute Gasteiger partial charge is 0.454 e. The summed E-state index contributed by atoms with van der Waals surface area (Å²) < 4.78 is 38.9. The van der Waals surface area contributed by atoms with E-state index in [4.69, 9.17) is 9.47 Å². The van der Waals surface area contributed by atoms with Crippen LogP contribution in [0.3, 0.4) is 0 Å². The minimum atomic E-state index is -3.82. The summed E-state index contributed by atoms with van der Waals surface area (Å²) >= 11 is 3.45. The molecule has 200 valence electrons. The average Bonchev–Trinajstić information content (AvgIpc) is 3.56. The maximum Gasteiger partial charge on any atom is 0.244 e. The number of halogens is 1. The fourth-order valence-corrected chi connectivity index (χ4v) is 6.07. The number of hydrogen-bond donors (Lipinski definition) is 1. The van der Waals surface area contributed by atoms with E-state index in [1.54, 1.807) is 25.1 Å². The van der Waals surface area contributed by atoms with Gasteiger partial charge in [0.1, 0.15) is 12.6 Å². The normalized spacial score (nSPS) is 15.9. The van der Waals surface area contributed by atoms with E-state index in [1.807, 2.05) is 24.3 Å². The summed E-state index contributed by atoms with van der Waals surface area (Å²) in [5.41, 5.74) is 1.11. The van der Waals surface area contributed by atoms with Gasteiger partial charge in [0.15, 0.2) is 11.5 Å². The number of benzene rings is 2. The Morgan fingerprint density at radius 3 is 2.54 bits per heavy atom. The number of ether oxygens (including phenoxy) is 2. The molecule has 9 nitrogen and oxygen atoms in total. The zero-order chi connectivity index (χ0) is 26.6. The van der Waals surface area contributed by atoms with Gasteiger partial charge in [-0.2, -0.15) is 0 Å². The van der Waals surface area contributed by atoms with Gasteiger partial charge in [-0.05, 0) is 56.5 Å². The fraction of sp³-hybridized carbons (Fsp3) is 0.462. The molecule has 1 heterocycles. The number of carbonyl (C=O) groups excluding carboxylic acids is 2. The molecule has 2 aliphatic rings. The highest BCUT2D eigenvalue weighted by Gasteiger charge is 2.32. The van der Waals surface area contributed by atoms with E-state index in [1.165, 1.54) is 11.8 Å². The van der Waals surface area contributed by atoms with Crippen LogP contribution in [0.1, 0.15) is 45.1 Å². The first kappa shape index (κ1) is 27.3. The molecule has 1 aliphatic carbocycles. The molecular formula is C26H32BrN3O6S. The van der Waals surface area contributed by atoms with Gasteiger partial charge in [-0.1, -0.05) is 40.9 Å². The number of fused-ring (bicyclic) bond motifs is 1. The van der Waals surface area contributed by atoms with E-state index in [9.17, 15) is 18.0 Å². The van der Waals surface area contributed by atoms with Crippen LogP contribution in [-0.2, 0) is 26.2 Å². The quantitative estimate of drug-likeness (QED) is 0.449. The van der Waals surface area contributed by atoms with Crippen molar-refractivity contribution in [1.29, 1.82) is 0 Å². The molecule has 1 aliphatic heterocycles. The van der Waals surface area contributed by atoms with Crippen molar-refractivity contribution in [3.63, 3.8) is 0 Å². The first-order valence-electron chi connectivity index (χ1n) is 12.4. The number of amides is 2. The molecule has 1 atom stereocenters. The van der Waals surface area contributed by atoms with Gasteiger partial charge in [-0.15, -0.1) is 0 Å². The van der Waals surface area contributed by atoms with Crippen molar-refractivity contribution in [2.45, 2.75) is 58.2 Å². The monoisotopic (exact) mass is 593 g/mol. The lowest BCUT2D eigenvalue weighted by Crippen LogP contribution is -2.52. The van der Waals surface area contributed by atoms with Gasteiger partial charge in [0, 0.05) is 23.1 Å². The zero-order valence-electron chi connectivity index (χ0n) is 21.0. The number of nitrogens with one attached hydrogen (secondary N) is 1. The summed E-state index contributed by atoms with van der Waals surface area (Å²) in [6, 6.07) is 11.5. The highest BCUT2D eigenvalue weighted by atomic mass is 79.9. The van der Waals surface area contributed by atoms with Crippen LogP contribution in [0.25, 0.3) is 0 Å². The van der Waals surface area contributed by atoms with Crippen molar-refractivity contribution in [2.75, 3.05) is 23.4 Å². The summed E-state index contributed by atoms with van der Waals surface area (Å²) in [5.74, 6) is -0.00105. The Hall–Kier alpha value is -2.79. The summed E-state index contributed by atoms with van der Waals surface area (Å²) in [4.78, 5) is 28.4.